The summed E-state index contributed by atoms with van der Waals surface area (Å²) in [7, 11) is 0. The van der Waals surface area contributed by atoms with Crippen LogP contribution >= 0.6 is 0 Å². The molecule has 2 saturated heterocycles. The highest BCUT2D eigenvalue weighted by Gasteiger charge is 2.50. The lowest BCUT2D eigenvalue weighted by molar-refractivity contribution is -0.186. The van der Waals surface area contributed by atoms with Crippen molar-refractivity contribution >= 4 is 5.91 Å². The van der Waals surface area contributed by atoms with Crippen LogP contribution in [0.4, 0.5) is 8.78 Å². The first kappa shape index (κ1) is 16.9. The Morgan fingerprint density at radius 2 is 2.00 bits per heavy atom. The first-order chi connectivity index (χ1) is 12.0. The number of carbonyl (C=O) groups excluding carboxylic acids is 1. The number of ether oxygens (including phenoxy) is 2. The highest BCUT2D eigenvalue weighted by molar-refractivity contribution is 5.96. The van der Waals surface area contributed by atoms with E-state index in [1.54, 1.807) is 11.8 Å². The molecule has 0 aromatic heterocycles. The number of aryl methyl sites for hydroxylation is 1. The molecule has 1 aromatic carbocycles. The van der Waals surface area contributed by atoms with E-state index in [2.05, 4.69) is 0 Å². The molecule has 3 fully saturated rings. The van der Waals surface area contributed by atoms with E-state index in [0.717, 1.165) is 37.5 Å². The molecule has 4 nitrogen and oxygen atoms in total. The second kappa shape index (κ2) is 6.32. The van der Waals surface area contributed by atoms with Crippen LogP contribution in [0.15, 0.2) is 12.1 Å². The van der Waals surface area contributed by atoms with Crippen molar-refractivity contribution in [3.63, 3.8) is 0 Å². The smallest absolute Gasteiger partial charge is 0.254 e. The van der Waals surface area contributed by atoms with Crippen molar-refractivity contribution in [2.24, 2.45) is 5.92 Å². The van der Waals surface area contributed by atoms with E-state index < -0.39 is 11.6 Å². The lowest BCUT2D eigenvalue weighted by Crippen LogP contribution is -2.67. The summed E-state index contributed by atoms with van der Waals surface area (Å²) < 4.78 is 38.6. The minimum atomic E-state index is -0.994. The molecule has 2 aliphatic heterocycles. The molecule has 1 aliphatic carbocycles. The number of nitrogens with zero attached hydrogens (tertiary/aromatic N) is 1. The van der Waals surface area contributed by atoms with Crippen molar-refractivity contribution in [2.75, 3.05) is 26.3 Å². The molecule has 4 rings (SSSR count). The third-order valence-electron chi connectivity index (χ3n) is 5.46. The Bertz CT molecular complexity index is 683. The second-order valence-corrected chi connectivity index (χ2v) is 7.67. The molecule has 1 atom stereocenters. The van der Waals surface area contributed by atoms with Gasteiger partial charge in [0.1, 0.15) is 5.60 Å². The highest BCUT2D eigenvalue weighted by Crippen LogP contribution is 2.37. The summed E-state index contributed by atoms with van der Waals surface area (Å²) in [6, 6.07) is 2.05. The topological polar surface area (TPSA) is 38.8 Å². The summed E-state index contributed by atoms with van der Waals surface area (Å²) in [5.74, 6) is -1.46. The molecule has 1 spiro atoms. The maximum atomic E-state index is 13.5. The van der Waals surface area contributed by atoms with Gasteiger partial charge in [-0.05, 0) is 49.8 Å². The lowest BCUT2D eigenvalue weighted by Gasteiger charge is -2.53. The largest absolute Gasteiger partial charge is 0.378 e. The molecule has 3 aliphatic rings. The molecule has 0 N–H and O–H groups in total. The predicted molar refractivity (Wildman–Crippen MR) is 87.4 cm³/mol. The monoisotopic (exact) mass is 351 g/mol. The minimum absolute atomic E-state index is 0.191. The third-order valence-corrected chi connectivity index (χ3v) is 5.46. The van der Waals surface area contributed by atoms with Crippen LogP contribution in [0.5, 0.6) is 0 Å². The zero-order valence-corrected chi connectivity index (χ0v) is 14.4. The molecular weight excluding hydrogens is 328 g/mol. The maximum Gasteiger partial charge on any atom is 0.254 e. The van der Waals surface area contributed by atoms with Crippen LogP contribution in [0.2, 0.25) is 0 Å². The number of carbonyl (C=O) groups is 1. The number of hydrogen-bond donors (Lipinski definition) is 0. The first-order valence-electron chi connectivity index (χ1n) is 8.96. The van der Waals surface area contributed by atoms with E-state index in [0.29, 0.717) is 25.3 Å². The van der Waals surface area contributed by atoms with Gasteiger partial charge in [-0.25, -0.2) is 8.78 Å². The van der Waals surface area contributed by atoms with Gasteiger partial charge in [-0.3, -0.25) is 4.79 Å². The van der Waals surface area contributed by atoms with Crippen LogP contribution in [-0.4, -0.2) is 48.8 Å². The fraction of sp³-hybridized carbons (Fsp3) is 0.632. The molecule has 136 valence electrons. The van der Waals surface area contributed by atoms with Gasteiger partial charge in [0.25, 0.3) is 5.91 Å². The molecule has 6 heteroatoms. The number of benzene rings is 1. The van der Waals surface area contributed by atoms with Crippen LogP contribution in [-0.2, 0) is 9.47 Å². The van der Waals surface area contributed by atoms with Crippen molar-refractivity contribution in [2.45, 2.75) is 44.3 Å². The van der Waals surface area contributed by atoms with E-state index in [4.69, 9.17) is 9.47 Å². The molecule has 0 radical (unpaired) electrons. The quantitative estimate of drug-likeness (QED) is 0.837. The van der Waals surface area contributed by atoms with E-state index >= 15 is 0 Å². The molecule has 0 bridgehead atoms. The van der Waals surface area contributed by atoms with Gasteiger partial charge in [0.2, 0.25) is 0 Å². The summed E-state index contributed by atoms with van der Waals surface area (Å²) in [4.78, 5) is 14.2. The summed E-state index contributed by atoms with van der Waals surface area (Å²) >= 11 is 0. The third kappa shape index (κ3) is 3.42. The van der Waals surface area contributed by atoms with Gasteiger partial charge in [-0.15, -0.1) is 0 Å². The number of hydrogen-bond acceptors (Lipinski definition) is 3. The fourth-order valence-electron chi connectivity index (χ4n) is 3.74. The van der Waals surface area contributed by atoms with Crippen LogP contribution in [0, 0.1) is 24.5 Å². The van der Waals surface area contributed by atoms with Crippen molar-refractivity contribution in [3.05, 3.63) is 34.9 Å². The zero-order valence-electron chi connectivity index (χ0n) is 14.4. The van der Waals surface area contributed by atoms with Crippen LogP contribution in [0.25, 0.3) is 0 Å². The Kier molecular flexibility index (Phi) is 4.28. The minimum Gasteiger partial charge on any atom is -0.378 e. The van der Waals surface area contributed by atoms with Gasteiger partial charge < -0.3 is 14.4 Å². The molecule has 1 saturated carbocycles. The average molecular weight is 351 g/mol. The Morgan fingerprint density at radius 1 is 1.28 bits per heavy atom. The number of rotatable bonds is 4. The van der Waals surface area contributed by atoms with Gasteiger partial charge in [0.15, 0.2) is 11.6 Å². The van der Waals surface area contributed by atoms with Gasteiger partial charge in [-0.2, -0.15) is 0 Å². The van der Waals surface area contributed by atoms with Crippen molar-refractivity contribution in [3.8, 4) is 0 Å². The number of halogens is 2. The summed E-state index contributed by atoms with van der Waals surface area (Å²) in [5.41, 5.74) is 0.320. The van der Waals surface area contributed by atoms with Crippen molar-refractivity contribution in [1.82, 2.24) is 4.90 Å². The standard InChI is InChI=1S/C19H23F2NO3/c1-12-6-16(20)17(21)7-15(12)18(23)22-10-19(11-22)8-14(4-5-25-19)24-9-13-2-3-13/h6-7,13-14H,2-5,8-11H2,1H3/t14-/m1/s1. The van der Waals surface area contributed by atoms with Gasteiger partial charge in [0, 0.05) is 25.2 Å². The fourth-order valence-corrected chi connectivity index (χ4v) is 3.74. The van der Waals surface area contributed by atoms with Crippen molar-refractivity contribution < 1.29 is 23.0 Å². The second-order valence-electron chi connectivity index (χ2n) is 7.67. The average Bonchev–Trinajstić information content (AvgIpc) is 3.38. The Labute approximate surface area is 146 Å². The predicted octanol–water partition coefficient (Wildman–Crippen LogP) is 3.07. The Balaban J connectivity index is 1.37. The molecule has 2 heterocycles. The SMILES string of the molecule is Cc1cc(F)c(F)cc1C(=O)N1CC2(C[C@H](OCC3CC3)CCO2)C1. The van der Waals surface area contributed by atoms with Crippen LogP contribution in [0.3, 0.4) is 0 Å². The van der Waals surface area contributed by atoms with Crippen molar-refractivity contribution in [1.29, 1.82) is 0 Å². The van der Waals surface area contributed by atoms with Gasteiger partial charge in [-0.1, -0.05) is 0 Å². The molecule has 1 amide bonds. The molecule has 25 heavy (non-hydrogen) atoms. The first-order valence-corrected chi connectivity index (χ1v) is 8.96. The molecular formula is C19H23F2NO3. The Hall–Kier alpha value is -1.53. The normalized spacial score (nSPS) is 25.1. The van der Waals surface area contributed by atoms with Gasteiger partial charge in [0.05, 0.1) is 19.2 Å². The molecule has 0 unspecified atom stereocenters. The van der Waals surface area contributed by atoms with E-state index in [1.807, 2.05) is 0 Å². The van der Waals surface area contributed by atoms with E-state index in [9.17, 15) is 13.6 Å². The number of amides is 1. The summed E-state index contributed by atoms with van der Waals surface area (Å²) in [6.45, 7) is 4.05. The zero-order chi connectivity index (χ0) is 17.6. The number of likely N-dealkylation sites (tertiary alicyclic amines) is 1. The highest BCUT2D eigenvalue weighted by atomic mass is 19.2. The van der Waals surface area contributed by atoms with Gasteiger partial charge >= 0.3 is 0 Å². The Morgan fingerprint density at radius 3 is 2.72 bits per heavy atom. The molecule has 1 aromatic rings. The van der Waals surface area contributed by atoms with Crippen LogP contribution < -0.4 is 0 Å². The van der Waals surface area contributed by atoms with Crippen LogP contribution in [0.1, 0.15) is 41.6 Å². The van der Waals surface area contributed by atoms with E-state index in [1.165, 1.54) is 12.8 Å². The van der Waals surface area contributed by atoms with E-state index in [-0.39, 0.29) is 23.2 Å². The maximum absolute atomic E-state index is 13.5. The summed E-state index contributed by atoms with van der Waals surface area (Å²) in [5, 5.41) is 0. The summed E-state index contributed by atoms with van der Waals surface area (Å²) in [6.07, 6.45) is 4.41. The lowest BCUT2D eigenvalue weighted by atomic mass is 9.84.